The van der Waals surface area contributed by atoms with Crippen molar-refractivity contribution in [1.82, 2.24) is 10.6 Å². The lowest BCUT2D eigenvalue weighted by Gasteiger charge is -2.48. The molecule has 2 saturated heterocycles. The van der Waals surface area contributed by atoms with Crippen molar-refractivity contribution in [2.24, 2.45) is 0 Å². The first-order valence-corrected chi connectivity index (χ1v) is 5.66. The highest BCUT2D eigenvalue weighted by atomic mass is 19.1. The summed E-state index contributed by atoms with van der Waals surface area (Å²) < 4.78 is 19.3. The molecule has 16 heavy (non-hydrogen) atoms. The first-order chi connectivity index (χ1) is 7.79. The molecule has 86 valence electrons. The number of nitrogens with one attached hydrogen (secondary N) is 2. The SMILES string of the molecule is Fc1ccccc1C1CCOC2(CNC2)N1. The molecule has 0 radical (unpaired) electrons. The van der Waals surface area contributed by atoms with Crippen LogP contribution in [-0.2, 0) is 4.74 Å². The quantitative estimate of drug-likeness (QED) is 0.748. The van der Waals surface area contributed by atoms with Gasteiger partial charge in [0, 0.05) is 24.7 Å². The van der Waals surface area contributed by atoms with Crippen LogP contribution in [-0.4, -0.2) is 25.4 Å². The minimum Gasteiger partial charge on any atom is -0.358 e. The van der Waals surface area contributed by atoms with Crippen LogP contribution in [0.4, 0.5) is 4.39 Å². The Balaban J connectivity index is 1.82. The van der Waals surface area contributed by atoms with Gasteiger partial charge in [-0.05, 0) is 12.5 Å². The summed E-state index contributed by atoms with van der Waals surface area (Å²) in [6, 6.07) is 7.02. The normalized spacial score (nSPS) is 27.7. The van der Waals surface area contributed by atoms with Crippen molar-refractivity contribution in [2.75, 3.05) is 19.7 Å². The number of hydrogen-bond acceptors (Lipinski definition) is 3. The second-order valence-corrected chi connectivity index (χ2v) is 4.45. The zero-order valence-corrected chi connectivity index (χ0v) is 9.00. The van der Waals surface area contributed by atoms with E-state index in [1.165, 1.54) is 6.07 Å². The average molecular weight is 222 g/mol. The molecule has 0 aromatic heterocycles. The van der Waals surface area contributed by atoms with E-state index in [0.29, 0.717) is 6.61 Å². The molecule has 2 aliphatic heterocycles. The van der Waals surface area contributed by atoms with Crippen molar-refractivity contribution in [3.05, 3.63) is 35.6 Å². The van der Waals surface area contributed by atoms with Gasteiger partial charge in [0.05, 0.1) is 6.61 Å². The molecule has 0 amide bonds. The first kappa shape index (κ1) is 10.2. The standard InChI is InChI=1S/C12H15FN2O/c13-10-4-2-1-3-9(10)11-5-6-16-12(15-11)7-14-8-12/h1-4,11,14-15H,5-8H2. The molecule has 4 heteroatoms. The van der Waals surface area contributed by atoms with E-state index in [1.54, 1.807) is 6.07 Å². The van der Waals surface area contributed by atoms with Crippen LogP contribution in [0.2, 0.25) is 0 Å². The van der Waals surface area contributed by atoms with Crippen molar-refractivity contribution in [1.29, 1.82) is 0 Å². The van der Waals surface area contributed by atoms with Gasteiger partial charge >= 0.3 is 0 Å². The van der Waals surface area contributed by atoms with E-state index in [9.17, 15) is 4.39 Å². The van der Waals surface area contributed by atoms with Crippen molar-refractivity contribution < 1.29 is 9.13 Å². The average Bonchev–Trinajstić information content (AvgIpc) is 2.28. The van der Waals surface area contributed by atoms with Gasteiger partial charge < -0.3 is 10.1 Å². The molecule has 2 heterocycles. The van der Waals surface area contributed by atoms with Gasteiger partial charge in [-0.1, -0.05) is 18.2 Å². The Bertz CT molecular complexity index is 392. The van der Waals surface area contributed by atoms with Crippen LogP contribution in [0.1, 0.15) is 18.0 Å². The Morgan fingerprint density at radius 3 is 2.81 bits per heavy atom. The number of rotatable bonds is 1. The Kier molecular flexibility index (Phi) is 2.42. The third kappa shape index (κ3) is 1.63. The van der Waals surface area contributed by atoms with Crippen LogP contribution >= 0.6 is 0 Å². The molecule has 0 bridgehead atoms. The molecule has 1 unspecified atom stereocenters. The fourth-order valence-electron chi connectivity index (χ4n) is 2.35. The van der Waals surface area contributed by atoms with Crippen LogP contribution in [0.25, 0.3) is 0 Å². The molecule has 1 spiro atoms. The minimum absolute atomic E-state index is 0.0667. The summed E-state index contributed by atoms with van der Waals surface area (Å²) in [6.07, 6.45) is 0.822. The topological polar surface area (TPSA) is 33.3 Å². The molecule has 3 nitrogen and oxygen atoms in total. The summed E-state index contributed by atoms with van der Waals surface area (Å²) in [5.41, 5.74) is 0.489. The molecular formula is C12H15FN2O. The molecule has 1 aromatic carbocycles. The molecule has 1 atom stereocenters. The summed E-state index contributed by atoms with van der Waals surface area (Å²) in [6.45, 7) is 2.30. The highest BCUT2D eigenvalue weighted by molar-refractivity contribution is 5.22. The fourth-order valence-corrected chi connectivity index (χ4v) is 2.35. The second kappa shape index (κ2) is 3.80. The number of ether oxygens (including phenoxy) is 1. The van der Waals surface area contributed by atoms with E-state index in [0.717, 1.165) is 25.1 Å². The van der Waals surface area contributed by atoms with Gasteiger partial charge in [-0.3, -0.25) is 5.32 Å². The van der Waals surface area contributed by atoms with Crippen molar-refractivity contribution in [3.8, 4) is 0 Å². The molecule has 0 aliphatic carbocycles. The fraction of sp³-hybridized carbons (Fsp3) is 0.500. The van der Waals surface area contributed by atoms with Gasteiger partial charge in [-0.25, -0.2) is 4.39 Å². The summed E-state index contributed by atoms with van der Waals surface area (Å²) in [5, 5.41) is 6.58. The molecular weight excluding hydrogens is 207 g/mol. The highest BCUT2D eigenvalue weighted by Gasteiger charge is 2.42. The monoisotopic (exact) mass is 222 g/mol. The van der Waals surface area contributed by atoms with E-state index >= 15 is 0 Å². The molecule has 2 fully saturated rings. The van der Waals surface area contributed by atoms with E-state index in [4.69, 9.17) is 4.74 Å². The van der Waals surface area contributed by atoms with Gasteiger partial charge in [0.25, 0.3) is 0 Å². The smallest absolute Gasteiger partial charge is 0.144 e. The predicted molar refractivity (Wildman–Crippen MR) is 58.4 cm³/mol. The Labute approximate surface area is 94.0 Å². The van der Waals surface area contributed by atoms with E-state index in [2.05, 4.69) is 10.6 Å². The first-order valence-electron chi connectivity index (χ1n) is 5.66. The Morgan fingerprint density at radius 2 is 2.12 bits per heavy atom. The third-order valence-electron chi connectivity index (χ3n) is 3.32. The number of benzene rings is 1. The van der Waals surface area contributed by atoms with Crippen LogP contribution in [0.5, 0.6) is 0 Å². The van der Waals surface area contributed by atoms with Crippen molar-refractivity contribution >= 4 is 0 Å². The van der Waals surface area contributed by atoms with E-state index < -0.39 is 0 Å². The lowest BCUT2D eigenvalue weighted by atomic mass is 9.96. The largest absolute Gasteiger partial charge is 0.358 e. The summed E-state index contributed by atoms with van der Waals surface area (Å²) in [5.74, 6) is -0.135. The highest BCUT2D eigenvalue weighted by Crippen LogP contribution is 2.29. The van der Waals surface area contributed by atoms with Gasteiger partial charge in [-0.2, -0.15) is 0 Å². The van der Waals surface area contributed by atoms with Gasteiger partial charge in [0.1, 0.15) is 11.5 Å². The van der Waals surface area contributed by atoms with Crippen LogP contribution < -0.4 is 10.6 Å². The van der Waals surface area contributed by atoms with Gasteiger partial charge in [0.2, 0.25) is 0 Å². The van der Waals surface area contributed by atoms with Crippen molar-refractivity contribution in [2.45, 2.75) is 18.2 Å². The summed E-state index contributed by atoms with van der Waals surface area (Å²) in [7, 11) is 0. The maximum atomic E-state index is 13.7. The van der Waals surface area contributed by atoms with Crippen LogP contribution in [0.3, 0.4) is 0 Å². The minimum atomic E-state index is -0.259. The van der Waals surface area contributed by atoms with E-state index in [-0.39, 0.29) is 17.6 Å². The van der Waals surface area contributed by atoms with E-state index in [1.807, 2.05) is 12.1 Å². The summed E-state index contributed by atoms with van der Waals surface area (Å²) in [4.78, 5) is 0. The summed E-state index contributed by atoms with van der Waals surface area (Å²) >= 11 is 0. The molecule has 2 aliphatic rings. The molecule has 3 rings (SSSR count). The Hall–Kier alpha value is -0.970. The maximum Gasteiger partial charge on any atom is 0.144 e. The lowest BCUT2D eigenvalue weighted by molar-refractivity contribution is -0.140. The predicted octanol–water partition coefficient (Wildman–Crippen LogP) is 1.18. The second-order valence-electron chi connectivity index (χ2n) is 4.45. The third-order valence-corrected chi connectivity index (χ3v) is 3.32. The molecule has 0 saturated carbocycles. The van der Waals surface area contributed by atoms with Crippen LogP contribution in [0.15, 0.2) is 24.3 Å². The van der Waals surface area contributed by atoms with Crippen LogP contribution in [0, 0.1) is 5.82 Å². The van der Waals surface area contributed by atoms with Crippen molar-refractivity contribution in [3.63, 3.8) is 0 Å². The zero-order valence-electron chi connectivity index (χ0n) is 9.00. The zero-order chi connectivity index (χ0) is 11.0. The number of halogens is 1. The molecule has 2 N–H and O–H groups in total. The maximum absolute atomic E-state index is 13.7. The van der Waals surface area contributed by atoms with Gasteiger partial charge in [0.15, 0.2) is 0 Å². The lowest BCUT2D eigenvalue weighted by Crippen LogP contribution is -2.71. The Morgan fingerprint density at radius 1 is 1.31 bits per heavy atom. The van der Waals surface area contributed by atoms with Gasteiger partial charge in [-0.15, -0.1) is 0 Å². The number of hydrogen-bond donors (Lipinski definition) is 2. The molecule has 1 aromatic rings.